The molecule has 0 spiro atoms. The van der Waals surface area contributed by atoms with Gasteiger partial charge in [0.2, 0.25) is 5.91 Å². The molecule has 1 aromatic heterocycles. The number of hydrogen-bond acceptors (Lipinski definition) is 5. The Morgan fingerprint density at radius 1 is 1.11 bits per heavy atom. The van der Waals surface area contributed by atoms with Crippen molar-refractivity contribution in [2.45, 2.75) is 83.7 Å². The van der Waals surface area contributed by atoms with Crippen LogP contribution in [0.3, 0.4) is 0 Å². The molecule has 2 aliphatic heterocycles. The van der Waals surface area contributed by atoms with E-state index in [0.29, 0.717) is 37.2 Å². The van der Waals surface area contributed by atoms with Crippen LogP contribution in [0.1, 0.15) is 74.3 Å². The Morgan fingerprint density at radius 2 is 1.91 bits per heavy atom. The Hall–Kier alpha value is -3.78. The van der Waals surface area contributed by atoms with Gasteiger partial charge in [0.1, 0.15) is 11.6 Å². The molecule has 2 aliphatic rings. The van der Waals surface area contributed by atoms with E-state index >= 15 is 0 Å². The number of benzene rings is 2. The summed E-state index contributed by atoms with van der Waals surface area (Å²) in [6.07, 6.45) is 7.22. The molecular weight excluding hydrogens is 557 g/mol. The maximum Gasteiger partial charge on any atom is 0.308 e. The van der Waals surface area contributed by atoms with Crippen LogP contribution < -0.4 is 9.64 Å². The average Bonchev–Trinajstić information content (AvgIpc) is 3.63. The number of aromatic nitrogens is 1. The smallest absolute Gasteiger partial charge is 0.308 e. The van der Waals surface area contributed by atoms with Crippen LogP contribution in [-0.4, -0.2) is 58.6 Å². The second-order valence-corrected chi connectivity index (χ2v) is 12.2. The number of carboxylic acids is 1. The largest absolute Gasteiger partial charge is 0.493 e. The second-order valence-electron chi connectivity index (χ2n) is 12.2. The molecule has 234 valence electrons. The zero-order valence-electron chi connectivity index (χ0n) is 26.0. The van der Waals surface area contributed by atoms with Crippen molar-refractivity contribution >= 4 is 17.6 Å². The molecule has 8 heteroatoms. The van der Waals surface area contributed by atoms with E-state index in [2.05, 4.69) is 29.8 Å². The lowest BCUT2D eigenvalue weighted by atomic mass is 9.83. The van der Waals surface area contributed by atoms with Crippen molar-refractivity contribution in [1.82, 2.24) is 9.88 Å². The van der Waals surface area contributed by atoms with Gasteiger partial charge in [0.15, 0.2) is 0 Å². The van der Waals surface area contributed by atoms with Crippen molar-refractivity contribution in [3.05, 3.63) is 89.0 Å². The molecule has 44 heavy (non-hydrogen) atoms. The molecule has 3 aromatic rings. The van der Waals surface area contributed by atoms with E-state index in [4.69, 9.17) is 4.74 Å². The fraction of sp³-hybridized carbons (Fsp3) is 0.472. The predicted octanol–water partition coefficient (Wildman–Crippen LogP) is 6.57. The summed E-state index contributed by atoms with van der Waals surface area (Å²) in [5.41, 5.74) is 4.16. The fourth-order valence-electron chi connectivity index (χ4n) is 7.13. The number of carbonyl (C=O) groups excluding carboxylic acids is 1. The lowest BCUT2D eigenvalue weighted by molar-refractivity contribution is -0.143. The first kappa shape index (κ1) is 31.6. The van der Waals surface area contributed by atoms with Gasteiger partial charge in [-0.1, -0.05) is 44.9 Å². The highest BCUT2D eigenvalue weighted by atomic mass is 19.1. The number of fused-ring (bicyclic) bond motifs is 1. The minimum Gasteiger partial charge on any atom is -0.493 e. The normalized spacial score (nSPS) is 19.6. The van der Waals surface area contributed by atoms with Gasteiger partial charge >= 0.3 is 5.97 Å². The number of aliphatic carboxylic acids is 1. The van der Waals surface area contributed by atoms with Gasteiger partial charge in [-0.15, -0.1) is 0 Å². The first-order valence-corrected chi connectivity index (χ1v) is 16.0. The Morgan fingerprint density at radius 3 is 2.59 bits per heavy atom. The third-order valence-electron chi connectivity index (χ3n) is 9.23. The minimum absolute atomic E-state index is 0.0280. The van der Waals surface area contributed by atoms with Crippen LogP contribution in [0.5, 0.6) is 5.75 Å². The highest BCUT2D eigenvalue weighted by Gasteiger charge is 2.47. The van der Waals surface area contributed by atoms with E-state index in [1.54, 1.807) is 25.3 Å². The molecule has 2 aromatic carbocycles. The highest BCUT2D eigenvalue weighted by Crippen LogP contribution is 2.41. The average molecular weight is 602 g/mol. The zero-order valence-corrected chi connectivity index (χ0v) is 26.0. The number of ether oxygens (including phenoxy) is 1. The summed E-state index contributed by atoms with van der Waals surface area (Å²) in [5.74, 6) is -1.34. The molecule has 1 unspecified atom stereocenters. The molecule has 3 heterocycles. The predicted molar refractivity (Wildman–Crippen MR) is 170 cm³/mol. The summed E-state index contributed by atoms with van der Waals surface area (Å²) in [6.45, 7) is 7.11. The van der Waals surface area contributed by atoms with Crippen molar-refractivity contribution in [3.63, 3.8) is 0 Å². The maximum absolute atomic E-state index is 14.4. The van der Waals surface area contributed by atoms with Crippen molar-refractivity contribution in [3.8, 4) is 5.75 Å². The van der Waals surface area contributed by atoms with Gasteiger partial charge in [-0.3, -0.25) is 19.5 Å². The number of likely N-dealkylation sites (tertiary alicyclic amines) is 1. The molecule has 0 bridgehead atoms. The van der Waals surface area contributed by atoms with Gasteiger partial charge in [-0.05, 0) is 85.7 Å². The molecule has 1 fully saturated rings. The molecule has 5 rings (SSSR count). The number of rotatable bonds is 13. The molecule has 0 aliphatic carbocycles. The minimum atomic E-state index is -0.853. The van der Waals surface area contributed by atoms with E-state index in [0.717, 1.165) is 54.7 Å². The van der Waals surface area contributed by atoms with Gasteiger partial charge in [-0.2, -0.15) is 0 Å². The number of anilines is 1. The molecule has 3 atom stereocenters. The number of aryl methyl sites for hydroxylation is 2. The summed E-state index contributed by atoms with van der Waals surface area (Å²) >= 11 is 0. The van der Waals surface area contributed by atoms with Gasteiger partial charge in [0.25, 0.3) is 0 Å². The summed E-state index contributed by atoms with van der Waals surface area (Å²) in [4.78, 5) is 35.8. The Bertz CT molecular complexity index is 1440. The Labute approximate surface area is 260 Å². The van der Waals surface area contributed by atoms with E-state index in [-0.39, 0.29) is 36.3 Å². The molecule has 0 saturated carbocycles. The number of carbonyl (C=O) groups is 2. The first-order chi connectivity index (χ1) is 21.3. The third kappa shape index (κ3) is 6.96. The SMILES string of the molecule is CCCC(CCC)N(C(=O)CN1C[C@H](c2ccc3c(c2)CCO3)C(C(=O)O)[C@@H]1CCc1ccccn1)c1ccc(F)c(C)c1. The first-order valence-electron chi connectivity index (χ1n) is 16.0. The highest BCUT2D eigenvalue weighted by molar-refractivity contribution is 5.95. The van der Waals surface area contributed by atoms with Crippen molar-refractivity contribution in [1.29, 1.82) is 0 Å². The number of nitrogens with zero attached hydrogens (tertiary/aromatic N) is 3. The molecule has 1 amide bonds. The maximum atomic E-state index is 14.4. The number of pyridine rings is 1. The van der Waals surface area contributed by atoms with E-state index in [9.17, 15) is 19.1 Å². The van der Waals surface area contributed by atoms with Crippen molar-refractivity contribution in [2.75, 3.05) is 24.6 Å². The van der Waals surface area contributed by atoms with Crippen LogP contribution >= 0.6 is 0 Å². The molecule has 1 saturated heterocycles. The summed E-state index contributed by atoms with van der Waals surface area (Å²) in [6, 6.07) is 16.3. The molecule has 1 N–H and O–H groups in total. The molecule has 0 radical (unpaired) electrons. The quantitative estimate of drug-likeness (QED) is 0.239. The van der Waals surface area contributed by atoms with Crippen LogP contribution in [0.2, 0.25) is 0 Å². The number of hydrogen-bond donors (Lipinski definition) is 1. The van der Waals surface area contributed by atoms with E-state index in [1.807, 2.05) is 35.2 Å². The number of amides is 1. The second kappa shape index (κ2) is 14.3. The molecular formula is C36H44FN3O4. The monoisotopic (exact) mass is 601 g/mol. The van der Waals surface area contributed by atoms with E-state index < -0.39 is 11.9 Å². The standard InChI is InChI=1S/C36H44FN3O4/c1-4-8-28(9-5-2)40(29-13-14-31(37)24(3)20-29)34(41)23-39-22-30(25-11-16-33-26(21-25)17-19-44-33)35(36(42)43)32(39)15-12-27-10-6-7-18-38-27/h6-7,10-11,13-14,16,18,20-21,28,30,32,35H,4-5,8-9,12,15,17,19,22-23H2,1-3H3,(H,42,43)/t30-,32+,35?/m1/s1. The topological polar surface area (TPSA) is 83.0 Å². The summed E-state index contributed by atoms with van der Waals surface area (Å²) in [7, 11) is 0. The van der Waals surface area contributed by atoms with Gasteiger partial charge in [0, 0.05) is 48.5 Å². The van der Waals surface area contributed by atoms with Crippen molar-refractivity contribution in [2.24, 2.45) is 5.92 Å². The van der Waals surface area contributed by atoms with Gasteiger partial charge in [-0.25, -0.2) is 4.39 Å². The Kier molecular flexibility index (Phi) is 10.3. The zero-order chi connectivity index (χ0) is 31.2. The van der Waals surface area contributed by atoms with Crippen molar-refractivity contribution < 1.29 is 23.8 Å². The number of halogens is 1. The van der Waals surface area contributed by atoms with Crippen LogP contribution in [-0.2, 0) is 22.4 Å². The van der Waals surface area contributed by atoms with Crippen LogP contribution in [0.15, 0.2) is 60.8 Å². The summed E-state index contributed by atoms with van der Waals surface area (Å²) < 4.78 is 20.0. The fourth-order valence-corrected chi connectivity index (χ4v) is 7.13. The Balaban J connectivity index is 1.49. The van der Waals surface area contributed by atoms with Gasteiger partial charge in [0.05, 0.1) is 19.1 Å². The van der Waals surface area contributed by atoms with Crippen LogP contribution in [0, 0.1) is 18.7 Å². The lowest BCUT2D eigenvalue weighted by Gasteiger charge is -2.35. The molecule has 7 nitrogen and oxygen atoms in total. The van der Waals surface area contributed by atoms with Gasteiger partial charge < -0.3 is 14.7 Å². The van der Waals surface area contributed by atoms with E-state index in [1.165, 1.54) is 6.07 Å². The van der Waals surface area contributed by atoms with Crippen LogP contribution in [0.4, 0.5) is 10.1 Å². The third-order valence-corrected chi connectivity index (χ3v) is 9.23. The van der Waals surface area contributed by atoms with Crippen LogP contribution in [0.25, 0.3) is 0 Å². The summed E-state index contributed by atoms with van der Waals surface area (Å²) in [5, 5.41) is 10.6. The lowest BCUT2D eigenvalue weighted by Crippen LogP contribution is -2.48. The number of carboxylic acid groups (broad SMARTS) is 1.